The third kappa shape index (κ3) is 4.05. The second-order valence-electron chi connectivity index (χ2n) is 8.33. The van der Waals surface area contributed by atoms with Crippen LogP contribution in [0, 0.1) is 5.82 Å². The first-order chi connectivity index (χ1) is 13.9. The van der Waals surface area contributed by atoms with E-state index in [4.69, 9.17) is 4.74 Å². The van der Waals surface area contributed by atoms with Gasteiger partial charge >= 0.3 is 0 Å². The van der Waals surface area contributed by atoms with Crippen LogP contribution in [0.4, 0.5) is 4.39 Å². The Balaban J connectivity index is 1.43. The molecule has 3 heterocycles. The fourth-order valence-electron chi connectivity index (χ4n) is 4.48. The van der Waals surface area contributed by atoms with Crippen molar-refractivity contribution >= 4 is 5.91 Å². The standard InChI is InChI=1S/C21H27FN4O3/c1-20(25-18(27)16-3-2-4-17(22)11-16)7-10-29-21(19(20)28)5-8-26(9-6-21)14-15-12-23-24-13-15/h2-4,11-13,19,28H,5-10,14H2,1H3,(H,23,24)(H,25,27)/t19-,20+/m1/s1. The molecule has 0 unspecified atom stereocenters. The van der Waals surface area contributed by atoms with Gasteiger partial charge in [-0.2, -0.15) is 5.10 Å². The van der Waals surface area contributed by atoms with Crippen molar-refractivity contribution in [2.45, 2.75) is 50.0 Å². The molecule has 1 aromatic carbocycles. The molecule has 4 rings (SSSR count). The average Bonchev–Trinajstić information content (AvgIpc) is 3.21. The molecule has 2 atom stereocenters. The second kappa shape index (κ2) is 7.85. The van der Waals surface area contributed by atoms with Crippen molar-refractivity contribution in [3.63, 3.8) is 0 Å². The Hall–Kier alpha value is -2.29. The van der Waals surface area contributed by atoms with E-state index in [0.29, 0.717) is 25.9 Å². The number of amides is 1. The van der Waals surface area contributed by atoms with Crippen LogP contribution in [0.1, 0.15) is 42.1 Å². The van der Waals surface area contributed by atoms with Gasteiger partial charge in [-0.3, -0.25) is 14.8 Å². The van der Waals surface area contributed by atoms with Crippen molar-refractivity contribution in [1.82, 2.24) is 20.4 Å². The van der Waals surface area contributed by atoms with E-state index in [1.807, 2.05) is 19.3 Å². The lowest BCUT2D eigenvalue weighted by molar-refractivity contribution is -0.205. The lowest BCUT2D eigenvalue weighted by Gasteiger charge is -2.53. The lowest BCUT2D eigenvalue weighted by atomic mass is 9.73. The largest absolute Gasteiger partial charge is 0.388 e. The molecule has 0 bridgehead atoms. The van der Waals surface area contributed by atoms with Crippen LogP contribution >= 0.6 is 0 Å². The summed E-state index contributed by atoms with van der Waals surface area (Å²) in [5, 5.41) is 21.0. The molecule has 2 fully saturated rings. The van der Waals surface area contributed by atoms with E-state index in [9.17, 15) is 14.3 Å². The fraction of sp³-hybridized carbons (Fsp3) is 0.524. The number of aromatic amines is 1. The number of carbonyl (C=O) groups is 1. The number of carbonyl (C=O) groups excluding carboxylic acids is 1. The van der Waals surface area contributed by atoms with Crippen LogP contribution in [0.2, 0.25) is 0 Å². The zero-order valence-electron chi connectivity index (χ0n) is 16.5. The SMILES string of the molecule is C[C@]1(NC(=O)c2cccc(F)c2)CCOC2(CCN(Cc3cn[nH]c3)CC2)[C@@H]1O. The monoisotopic (exact) mass is 402 g/mol. The van der Waals surface area contributed by atoms with Crippen LogP contribution < -0.4 is 5.32 Å². The molecule has 156 valence electrons. The number of piperidine rings is 1. The van der Waals surface area contributed by atoms with E-state index in [0.717, 1.165) is 25.2 Å². The van der Waals surface area contributed by atoms with Gasteiger partial charge < -0.3 is 15.2 Å². The predicted octanol–water partition coefficient (Wildman–Crippen LogP) is 1.85. The molecule has 7 nitrogen and oxygen atoms in total. The minimum Gasteiger partial charge on any atom is -0.388 e. The van der Waals surface area contributed by atoms with Crippen molar-refractivity contribution in [3.8, 4) is 0 Å². The van der Waals surface area contributed by atoms with Crippen molar-refractivity contribution in [1.29, 1.82) is 0 Å². The smallest absolute Gasteiger partial charge is 0.251 e. The van der Waals surface area contributed by atoms with Gasteiger partial charge in [-0.25, -0.2) is 4.39 Å². The average molecular weight is 402 g/mol. The molecule has 29 heavy (non-hydrogen) atoms. The molecular formula is C21H27FN4O3. The van der Waals surface area contributed by atoms with Gasteiger partial charge in [0.25, 0.3) is 5.91 Å². The van der Waals surface area contributed by atoms with Gasteiger partial charge in [-0.05, 0) is 44.4 Å². The van der Waals surface area contributed by atoms with Crippen LogP contribution in [0.25, 0.3) is 0 Å². The summed E-state index contributed by atoms with van der Waals surface area (Å²) in [6.07, 6.45) is 4.70. The van der Waals surface area contributed by atoms with Crippen LogP contribution in [-0.4, -0.2) is 63.1 Å². The van der Waals surface area contributed by atoms with E-state index in [1.54, 1.807) is 6.07 Å². The van der Waals surface area contributed by atoms with E-state index >= 15 is 0 Å². The van der Waals surface area contributed by atoms with Gasteiger partial charge in [0.05, 0.1) is 17.3 Å². The molecule has 2 aliphatic heterocycles. The van der Waals surface area contributed by atoms with Gasteiger partial charge in [-0.1, -0.05) is 6.07 Å². The second-order valence-corrected chi connectivity index (χ2v) is 8.33. The van der Waals surface area contributed by atoms with Crippen molar-refractivity contribution in [3.05, 3.63) is 53.6 Å². The highest BCUT2D eigenvalue weighted by atomic mass is 19.1. The van der Waals surface area contributed by atoms with E-state index in [1.165, 1.54) is 18.2 Å². The molecule has 3 N–H and O–H groups in total. The number of rotatable bonds is 4. The number of aliphatic hydroxyl groups excluding tert-OH is 1. The third-order valence-electron chi connectivity index (χ3n) is 6.26. The number of aromatic nitrogens is 2. The summed E-state index contributed by atoms with van der Waals surface area (Å²) in [4.78, 5) is 15.0. The Bertz CT molecular complexity index is 851. The van der Waals surface area contributed by atoms with E-state index in [-0.39, 0.29) is 11.5 Å². The zero-order valence-corrected chi connectivity index (χ0v) is 16.5. The van der Waals surface area contributed by atoms with Crippen LogP contribution in [0.3, 0.4) is 0 Å². The molecule has 1 spiro atoms. The molecule has 2 aromatic rings. The first kappa shape index (κ1) is 20.0. The van der Waals surface area contributed by atoms with Crippen molar-refractivity contribution in [2.24, 2.45) is 0 Å². The molecule has 2 saturated heterocycles. The van der Waals surface area contributed by atoms with E-state index in [2.05, 4.69) is 20.4 Å². The summed E-state index contributed by atoms with van der Waals surface area (Å²) >= 11 is 0. The zero-order chi connectivity index (χ0) is 20.5. The number of halogens is 1. The Morgan fingerprint density at radius 2 is 2.21 bits per heavy atom. The Morgan fingerprint density at radius 3 is 2.90 bits per heavy atom. The summed E-state index contributed by atoms with van der Waals surface area (Å²) in [5.74, 6) is -0.850. The Kier molecular flexibility index (Phi) is 5.42. The number of nitrogens with one attached hydrogen (secondary N) is 2. The summed E-state index contributed by atoms with van der Waals surface area (Å²) in [6, 6.07) is 5.57. The van der Waals surface area contributed by atoms with Crippen molar-refractivity contribution < 1.29 is 19.0 Å². The van der Waals surface area contributed by atoms with Crippen LogP contribution in [0.15, 0.2) is 36.7 Å². The summed E-state index contributed by atoms with van der Waals surface area (Å²) in [5.41, 5.74) is -0.157. The molecule has 2 aliphatic rings. The molecule has 1 amide bonds. The van der Waals surface area contributed by atoms with Gasteiger partial charge in [0.15, 0.2) is 0 Å². The molecule has 8 heteroatoms. The lowest BCUT2D eigenvalue weighted by Crippen LogP contribution is -2.69. The Labute approximate surface area is 169 Å². The highest BCUT2D eigenvalue weighted by Crippen LogP contribution is 2.40. The molecule has 0 aliphatic carbocycles. The number of hydrogen-bond acceptors (Lipinski definition) is 5. The van der Waals surface area contributed by atoms with Gasteiger partial charge in [0.2, 0.25) is 0 Å². The van der Waals surface area contributed by atoms with Gasteiger partial charge in [0, 0.05) is 43.6 Å². The number of ether oxygens (including phenoxy) is 1. The first-order valence-corrected chi connectivity index (χ1v) is 10.0. The molecule has 1 aromatic heterocycles. The maximum Gasteiger partial charge on any atom is 0.251 e. The summed E-state index contributed by atoms with van der Waals surface area (Å²) in [6.45, 7) is 4.68. The van der Waals surface area contributed by atoms with Crippen LogP contribution in [0.5, 0.6) is 0 Å². The summed E-state index contributed by atoms with van der Waals surface area (Å²) < 4.78 is 19.6. The molecular weight excluding hydrogens is 375 g/mol. The summed E-state index contributed by atoms with van der Waals surface area (Å²) in [7, 11) is 0. The van der Waals surface area contributed by atoms with Crippen molar-refractivity contribution in [2.75, 3.05) is 19.7 Å². The quantitative estimate of drug-likeness (QED) is 0.726. The number of nitrogens with zero attached hydrogens (tertiary/aromatic N) is 2. The highest BCUT2D eigenvalue weighted by molar-refractivity contribution is 5.94. The maximum absolute atomic E-state index is 13.5. The minimum absolute atomic E-state index is 0.244. The number of likely N-dealkylation sites (tertiary alicyclic amines) is 1. The van der Waals surface area contributed by atoms with E-state index < -0.39 is 23.1 Å². The van der Waals surface area contributed by atoms with Crippen LogP contribution in [-0.2, 0) is 11.3 Å². The normalized spacial score (nSPS) is 27.1. The number of aliphatic hydroxyl groups is 1. The molecule has 0 saturated carbocycles. The highest BCUT2D eigenvalue weighted by Gasteiger charge is 2.53. The number of H-pyrrole nitrogens is 1. The molecule has 0 radical (unpaired) electrons. The van der Waals surface area contributed by atoms with Gasteiger partial charge in [-0.15, -0.1) is 0 Å². The minimum atomic E-state index is -0.850. The topological polar surface area (TPSA) is 90.5 Å². The first-order valence-electron chi connectivity index (χ1n) is 10.0. The Morgan fingerprint density at radius 1 is 1.41 bits per heavy atom. The predicted molar refractivity (Wildman–Crippen MR) is 105 cm³/mol. The maximum atomic E-state index is 13.5. The number of benzene rings is 1. The fourth-order valence-corrected chi connectivity index (χ4v) is 4.48. The number of hydrogen-bond donors (Lipinski definition) is 3. The van der Waals surface area contributed by atoms with Gasteiger partial charge in [0.1, 0.15) is 11.9 Å². The third-order valence-corrected chi connectivity index (χ3v) is 6.26.